The molecule has 6 aromatic heterocycles. The van der Waals surface area contributed by atoms with Gasteiger partial charge in [-0.1, -0.05) is 34.8 Å². The number of pyridine rings is 3. The number of halogens is 7. The fourth-order valence-corrected chi connectivity index (χ4v) is 6.31. The Morgan fingerprint density at radius 3 is 1.98 bits per heavy atom. The minimum absolute atomic E-state index is 0.0735. The second-order valence-corrected chi connectivity index (χ2v) is 12.2. The lowest BCUT2D eigenvalue weighted by Crippen LogP contribution is -2.16. The third kappa shape index (κ3) is 9.19. The number of hydrogen-bond acceptors (Lipinski definition) is 8. The molecule has 0 saturated carbocycles. The minimum Gasteiger partial charge on any atom is -0.274 e. The van der Waals surface area contributed by atoms with Gasteiger partial charge in [-0.3, -0.25) is 19.8 Å². The van der Waals surface area contributed by atoms with Gasteiger partial charge >= 0.3 is 0 Å². The number of H-pyrrole nitrogens is 2. The minimum atomic E-state index is -0.0735. The molecule has 0 spiro atoms. The average molecular weight is 1000 g/mol. The van der Waals surface area contributed by atoms with Crippen LogP contribution in [0.5, 0.6) is 0 Å². The molecule has 0 aliphatic carbocycles. The molecule has 0 radical (unpaired) electrons. The second-order valence-electron chi connectivity index (χ2n) is 7.93. The summed E-state index contributed by atoms with van der Waals surface area (Å²) in [4.78, 5) is 33.2. The van der Waals surface area contributed by atoms with E-state index < -0.39 is 0 Å². The number of amides is 2. The van der Waals surface area contributed by atoms with E-state index in [0.29, 0.717) is 33.6 Å². The van der Waals surface area contributed by atoms with E-state index in [4.69, 9.17) is 34.8 Å². The second kappa shape index (κ2) is 17.2. The van der Waals surface area contributed by atoms with Gasteiger partial charge in [0.15, 0.2) is 16.9 Å². The van der Waals surface area contributed by atoms with Gasteiger partial charge in [0.05, 0.1) is 60.3 Å². The van der Waals surface area contributed by atoms with Crippen LogP contribution in [0.2, 0.25) is 15.1 Å². The maximum atomic E-state index is 10.5. The molecule has 1 aliphatic rings. The molecule has 0 atom stereocenters. The van der Waals surface area contributed by atoms with Crippen molar-refractivity contribution < 1.29 is 9.59 Å². The van der Waals surface area contributed by atoms with Crippen molar-refractivity contribution in [2.45, 2.75) is 12.8 Å². The number of hydrogen-bond donors (Lipinski definition) is 2. The monoisotopic (exact) mass is 1000 g/mol. The SMILES string of the molecule is CCl.Clc1ccnc2[nH]ncc12.Clc1ccnc2n[nH]c(I)c12.Cn1nc(I)c2c(Cl)ccnc21.O=C1CCC(=O)N1I. The summed E-state index contributed by atoms with van der Waals surface area (Å²) in [6, 6.07) is 5.26. The lowest BCUT2D eigenvalue weighted by Gasteiger charge is -1.97. The summed E-state index contributed by atoms with van der Waals surface area (Å²) in [5, 5.41) is 22.2. The molecule has 0 bridgehead atoms. The predicted octanol–water partition coefficient (Wildman–Crippen LogP) is 7.39. The normalized spacial score (nSPS) is 12.2. The molecule has 6 aromatic rings. The van der Waals surface area contributed by atoms with Gasteiger partial charge in [0.1, 0.15) is 7.40 Å². The van der Waals surface area contributed by atoms with E-state index in [0.717, 1.165) is 38.0 Å². The van der Waals surface area contributed by atoms with E-state index in [1.165, 1.54) is 6.38 Å². The summed E-state index contributed by atoms with van der Waals surface area (Å²) in [5.74, 6) is -0.147. The summed E-state index contributed by atoms with van der Waals surface area (Å²) in [6.45, 7) is 0. The van der Waals surface area contributed by atoms with Crippen molar-refractivity contribution in [3.05, 3.63) is 65.5 Å². The van der Waals surface area contributed by atoms with Crippen LogP contribution in [-0.2, 0) is 16.6 Å². The molecular weight excluding hydrogens is 983 g/mol. The Bertz CT molecular complexity index is 1850. The summed E-state index contributed by atoms with van der Waals surface area (Å²) < 4.78 is 4.68. The van der Waals surface area contributed by atoms with Crippen LogP contribution in [0.1, 0.15) is 12.8 Å². The number of fused-ring (bicyclic) bond motifs is 3. The first kappa shape index (κ1) is 35.8. The summed E-state index contributed by atoms with van der Waals surface area (Å²) in [5.41, 5.74) is 2.22. The van der Waals surface area contributed by atoms with Crippen molar-refractivity contribution in [3.8, 4) is 0 Å². The van der Waals surface area contributed by atoms with E-state index in [1.807, 2.05) is 7.05 Å². The fourth-order valence-electron chi connectivity index (χ4n) is 3.34. The number of imide groups is 1. The lowest BCUT2D eigenvalue weighted by atomic mass is 10.4. The number of rotatable bonds is 0. The summed E-state index contributed by atoms with van der Waals surface area (Å²) in [6.07, 6.45) is 8.88. The zero-order valence-electron chi connectivity index (χ0n) is 22.0. The molecule has 0 aromatic carbocycles. The maximum Gasteiger partial charge on any atom is 0.238 e. The van der Waals surface area contributed by atoms with Crippen LogP contribution in [0.25, 0.3) is 33.1 Å². The van der Waals surface area contributed by atoms with Crippen LogP contribution in [-0.4, -0.2) is 66.4 Å². The topological polar surface area (TPSA) is 151 Å². The number of carbonyl (C=O) groups is 2. The van der Waals surface area contributed by atoms with Gasteiger partial charge < -0.3 is 0 Å². The van der Waals surface area contributed by atoms with Crippen LogP contribution in [0.15, 0.2) is 43.0 Å². The third-order valence-corrected chi connectivity index (χ3v) is 8.85. The molecule has 0 unspecified atom stereocenters. The first-order valence-electron chi connectivity index (χ1n) is 11.7. The quantitative estimate of drug-likeness (QED) is 0.0693. The number of nitrogens with zero attached hydrogens (tertiary/aromatic N) is 8. The van der Waals surface area contributed by atoms with Crippen LogP contribution < -0.4 is 0 Å². The molecule has 19 heteroatoms. The molecule has 2 N–H and O–H groups in total. The molecule has 1 aliphatic heterocycles. The maximum absolute atomic E-state index is 10.5. The molecular formula is C24H19Cl4I3N10O2. The van der Waals surface area contributed by atoms with Crippen molar-refractivity contribution in [2.75, 3.05) is 6.38 Å². The zero-order chi connectivity index (χ0) is 31.7. The summed E-state index contributed by atoms with van der Waals surface area (Å²) >= 11 is 28.3. The van der Waals surface area contributed by atoms with E-state index in [-0.39, 0.29) is 11.8 Å². The van der Waals surface area contributed by atoms with Gasteiger partial charge in [-0.05, 0) is 63.4 Å². The highest BCUT2D eigenvalue weighted by Crippen LogP contribution is 2.25. The van der Waals surface area contributed by atoms with Crippen LogP contribution in [0.4, 0.5) is 0 Å². The predicted molar refractivity (Wildman–Crippen MR) is 194 cm³/mol. The van der Waals surface area contributed by atoms with Crippen LogP contribution >= 0.6 is 114 Å². The van der Waals surface area contributed by atoms with Gasteiger partial charge in [0, 0.05) is 44.9 Å². The number of aryl methyl sites for hydroxylation is 1. The van der Waals surface area contributed by atoms with Crippen LogP contribution in [0, 0.1) is 7.40 Å². The fraction of sp³-hybridized carbons (Fsp3) is 0.167. The number of aromatic amines is 2. The molecule has 7 heterocycles. The van der Waals surface area contributed by atoms with E-state index in [1.54, 1.807) is 70.5 Å². The molecule has 7 rings (SSSR count). The number of aromatic nitrogens is 9. The van der Waals surface area contributed by atoms with Crippen molar-refractivity contribution in [3.63, 3.8) is 0 Å². The highest BCUT2D eigenvalue weighted by molar-refractivity contribution is 14.1. The van der Waals surface area contributed by atoms with Gasteiger partial charge in [-0.15, -0.1) is 11.6 Å². The Morgan fingerprint density at radius 1 is 0.837 bits per heavy atom. The average Bonchev–Trinajstić information content (AvgIpc) is 3.77. The van der Waals surface area contributed by atoms with Crippen LogP contribution in [0.3, 0.4) is 0 Å². The molecule has 1 fully saturated rings. The molecule has 2 amide bonds. The number of alkyl halides is 1. The Kier molecular flexibility index (Phi) is 14.3. The van der Waals surface area contributed by atoms with Gasteiger partial charge in [0.25, 0.3) is 0 Å². The van der Waals surface area contributed by atoms with Crippen molar-refractivity contribution >= 4 is 159 Å². The molecule has 1 saturated heterocycles. The third-order valence-electron chi connectivity index (χ3n) is 5.28. The highest BCUT2D eigenvalue weighted by Gasteiger charge is 2.26. The van der Waals surface area contributed by atoms with Gasteiger partial charge in [-0.2, -0.15) is 15.3 Å². The summed E-state index contributed by atoms with van der Waals surface area (Å²) in [7, 11) is 1.85. The van der Waals surface area contributed by atoms with Crippen molar-refractivity contribution in [2.24, 2.45) is 7.05 Å². The lowest BCUT2D eigenvalue weighted by molar-refractivity contribution is -0.130. The zero-order valence-corrected chi connectivity index (χ0v) is 31.5. The Balaban J connectivity index is 0.000000155. The molecule has 226 valence electrons. The first-order chi connectivity index (χ1) is 20.6. The Hall–Kier alpha value is -1.65. The van der Waals surface area contributed by atoms with Crippen molar-refractivity contribution in [1.29, 1.82) is 0 Å². The standard InChI is InChI=1S/C7H5ClIN3.C6H3ClIN3.C6H4ClN3.C4H4INO2.CH3Cl/c1-12-7-5(6(9)11-12)4(8)2-3-10-7;7-3-1-2-9-6-4(3)5(8)10-11-6;7-5-1-2-8-6-4(5)3-9-10-6;5-6-3(7)1-2-4(6)8;1-2/h2-3H,1H3;1-2H,(H,9,10,11);1-3H,(H,8,9,10);1-2H2;1H3. The van der Waals surface area contributed by atoms with Crippen molar-refractivity contribution in [1.82, 2.24) is 48.2 Å². The largest absolute Gasteiger partial charge is 0.274 e. The van der Waals surface area contributed by atoms with E-state index >= 15 is 0 Å². The molecule has 12 nitrogen and oxygen atoms in total. The highest BCUT2D eigenvalue weighted by atomic mass is 127. The Morgan fingerprint density at radius 2 is 1.42 bits per heavy atom. The smallest absolute Gasteiger partial charge is 0.238 e. The van der Waals surface area contributed by atoms with Gasteiger partial charge in [-0.25, -0.2) is 22.7 Å². The van der Waals surface area contributed by atoms with Gasteiger partial charge in [0.2, 0.25) is 11.8 Å². The Labute approximate surface area is 305 Å². The molecule has 43 heavy (non-hydrogen) atoms. The number of carbonyl (C=O) groups excluding carboxylic acids is 2. The first-order valence-corrected chi connectivity index (χ1v) is 16.7. The number of nitrogens with one attached hydrogen (secondary N) is 2. The van der Waals surface area contributed by atoms with E-state index in [2.05, 4.69) is 97.2 Å². The van der Waals surface area contributed by atoms with E-state index in [9.17, 15) is 9.59 Å².